The maximum absolute atomic E-state index is 12.6. The van der Waals surface area contributed by atoms with Gasteiger partial charge in [0.25, 0.3) is 5.91 Å². The summed E-state index contributed by atoms with van der Waals surface area (Å²) in [7, 11) is 1.40. The van der Waals surface area contributed by atoms with Gasteiger partial charge in [-0.2, -0.15) is 13.2 Å². The van der Waals surface area contributed by atoms with Gasteiger partial charge in [-0.25, -0.2) is 0 Å². The molecule has 2 rings (SSSR count). The second kappa shape index (κ2) is 8.11. The fourth-order valence-electron chi connectivity index (χ4n) is 2.21. The van der Waals surface area contributed by atoms with Crippen LogP contribution in [0, 0.1) is 0 Å². The van der Waals surface area contributed by atoms with Crippen molar-refractivity contribution in [1.29, 1.82) is 0 Å². The van der Waals surface area contributed by atoms with Gasteiger partial charge in [0.1, 0.15) is 0 Å². The molecule has 1 amide bonds. The van der Waals surface area contributed by atoms with E-state index in [4.69, 9.17) is 9.47 Å². The lowest BCUT2D eigenvalue weighted by molar-refractivity contribution is -0.137. The third-order valence-corrected chi connectivity index (χ3v) is 3.72. The molecule has 1 atom stereocenters. The van der Waals surface area contributed by atoms with Crippen molar-refractivity contribution in [2.24, 2.45) is 0 Å². The third kappa shape index (κ3) is 5.22. The molecule has 8 heteroatoms. The molecule has 0 aromatic heterocycles. The van der Waals surface area contributed by atoms with Crippen LogP contribution in [0.2, 0.25) is 0 Å². The van der Waals surface area contributed by atoms with E-state index in [0.29, 0.717) is 5.56 Å². The standard InChI is InChI=1S/C19H18F3NO4/c1-11(24)13-4-9-16(17(10-13)26-3)27-12(2)18(25)23-15-7-5-14(6-8-15)19(20,21)22/h4-10,12H,1-3H3,(H,23,25)/t12-/m0/s1. The van der Waals surface area contributed by atoms with Crippen molar-refractivity contribution in [1.82, 2.24) is 0 Å². The van der Waals surface area contributed by atoms with E-state index >= 15 is 0 Å². The summed E-state index contributed by atoms with van der Waals surface area (Å²) in [5, 5.41) is 2.48. The number of alkyl halides is 3. The van der Waals surface area contributed by atoms with Gasteiger partial charge in [-0.1, -0.05) is 0 Å². The number of hydrogen-bond donors (Lipinski definition) is 1. The SMILES string of the molecule is COc1cc(C(C)=O)ccc1O[C@@H](C)C(=O)Nc1ccc(C(F)(F)F)cc1. The van der Waals surface area contributed by atoms with Gasteiger partial charge in [-0.15, -0.1) is 0 Å². The van der Waals surface area contributed by atoms with Gasteiger partial charge >= 0.3 is 6.18 Å². The molecule has 0 bridgehead atoms. The van der Waals surface area contributed by atoms with Crippen LogP contribution in [0.3, 0.4) is 0 Å². The number of hydrogen-bond acceptors (Lipinski definition) is 4. The molecule has 0 fully saturated rings. The summed E-state index contributed by atoms with van der Waals surface area (Å²) in [5.74, 6) is -0.144. The van der Waals surface area contributed by atoms with Gasteiger partial charge in [0.15, 0.2) is 23.4 Å². The number of benzene rings is 2. The Morgan fingerprint density at radius 1 is 1.04 bits per heavy atom. The van der Waals surface area contributed by atoms with Crippen molar-refractivity contribution in [2.75, 3.05) is 12.4 Å². The second-order valence-corrected chi connectivity index (χ2v) is 5.75. The van der Waals surface area contributed by atoms with E-state index in [1.807, 2.05) is 0 Å². The Labute approximate surface area is 154 Å². The zero-order valence-electron chi connectivity index (χ0n) is 14.9. The maximum atomic E-state index is 12.6. The smallest absolute Gasteiger partial charge is 0.416 e. The van der Waals surface area contributed by atoms with Crippen LogP contribution in [-0.2, 0) is 11.0 Å². The monoisotopic (exact) mass is 381 g/mol. The summed E-state index contributed by atoms with van der Waals surface area (Å²) in [6.07, 6.45) is -5.40. The number of anilines is 1. The lowest BCUT2D eigenvalue weighted by Crippen LogP contribution is -2.30. The Balaban J connectivity index is 2.06. The molecule has 2 aromatic carbocycles. The molecular weight excluding hydrogens is 363 g/mol. The average molecular weight is 381 g/mol. The third-order valence-electron chi connectivity index (χ3n) is 3.72. The molecule has 0 spiro atoms. The highest BCUT2D eigenvalue weighted by molar-refractivity contribution is 5.95. The number of nitrogens with one attached hydrogen (secondary N) is 1. The zero-order valence-corrected chi connectivity index (χ0v) is 14.9. The van der Waals surface area contributed by atoms with E-state index < -0.39 is 23.8 Å². The normalized spacial score (nSPS) is 12.2. The van der Waals surface area contributed by atoms with Crippen LogP contribution in [0.4, 0.5) is 18.9 Å². The lowest BCUT2D eigenvalue weighted by Gasteiger charge is -2.17. The molecule has 0 aliphatic carbocycles. The van der Waals surface area contributed by atoms with Crippen LogP contribution in [0.1, 0.15) is 29.8 Å². The number of Topliss-reactive ketones (excluding diaryl/α,β-unsaturated/α-hetero) is 1. The van der Waals surface area contributed by atoms with Gasteiger partial charge in [-0.05, 0) is 56.3 Å². The van der Waals surface area contributed by atoms with Crippen molar-refractivity contribution in [2.45, 2.75) is 26.1 Å². The van der Waals surface area contributed by atoms with E-state index in [2.05, 4.69) is 5.32 Å². The summed E-state index contributed by atoms with van der Waals surface area (Å²) < 4.78 is 48.4. The first kappa shape index (κ1) is 20.3. The Hall–Kier alpha value is -3.03. The van der Waals surface area contributed by atoms with Crippen LogP contribution in [0.5, 0.6) is 11.5 Å². The largest absolute Gasteiger partial charge is 0.493 e. The predicted molar refractivity (Wildman–Crippen MR) is 93.2 cm³/mol. The summed E-state index contributed by atoms with van der Waals surface area (Å²) in [4.78, 5) is 23.6. The van der Waals surface area contributed by atoms with Crippen molar-refractivity contribution in [3.05, 3.63) is 53.6 Å². The Kier molecular flexibility index (Phi) is 6.09. The molecule has 0 heterocycles. The first-order chi connectivity index (χ1) is 12.6. The molecule has 0 saturated carbocycles. The van der Waals surface area contributed by atoms with Gasteiger partial charge in [-0.3, -0.25) is 9.59 Å². The van der Waals surface area contributed by atoms with Gasteiger partial charge in [0, 0.05) is 11.3 Å². The minimum atomic E-state index is -4.44. The van der Waals surface area contributed by atoms with Crippen LogP contribution in [0.15, 0.2) is 42.5 Å². The van der Waals surface area contributed by atoms with Crippen molar-refractivity contribution in [3.8, 4) is 11.5 Å². The number of carbonyl (C=O) groups is 2. The van der Waals surface area contributed by atoms with E-state index in [-0.39, 0.29) is 23.0 Å². The number of ether oxygens (including phenoxy) is 2. The molecule has 0 saturated heterocycles. The summed E-state index contributed by atoms with van der Waals surface area (Å²) in [5.41, 5.74) is -0.163. The van der Waals surface area contributed by atoms with E-state index in [9.17, 15) is 22.8 Å². The zero-order chi connectivity index (χ0) is 20.2. The summed E-state index contributed by atoms with van der Waals surface area (Å²) in [6, 6.07) is 8.64. The molecule has 0 aliphatic rings. The molecular formula is C19H18F3NO4. The van der Waals surface area contributed by atoms with Gasteiger partial charge in [0.05, 0.1) is 12.7 Å². The number of halogens is 3. The minimum Gasteiger partial charge on any atom is -0.493 e. The van der Waals surface area contributed by atoms with E-state index in [1.54, 1.807) is 6.07 Å². The molecule has 1 N–H and O–H groups in total. The highest BCUT2D eigenvalue weighted by Crippen LogP contribution is 2.31. The Morgan fingerprint density at radius 3 is 2.19 bits per heavy atom. The average Bonchev–Trinajstić information content (AvgIpc) is 2.61. The predicted octanol–water partition coefficient (Wildman–Crippen LogP) is 4.32. The first-order valence-electron chi connectivity index (χ1n) is 7.95. The minimum absolute atomic E-state index is 0.145. The number of amides is 1. The number of ketones is 1. The van der Waals surface area contributed by atoms with Crippen LogP contribution in [0.25, 0.3) is 0 Å². The molecule has 144 valence electrons. The number of carbonyl (C=O) groups excluding carboxylic acids is 2. The lowest BCUT2D eigenvalue weighted by atomic mass is 10.1. The van der Waals surface area contributed by atoms with Crippen molar-refractivity contribution in [3.63, 3.8) is 0 Å². The fourth-order valence-corrected chi connectivity index (χ4v) is 2.21. The highest BCUT2D eigenvalue weighted by Gasteiger charge is 2.30. The summed E-state index contributed by atoms with van der Waals surface area (Å²) in [6.45, 7) is 2.90. The van der Waals surface area contributed by atoms with E-state index in [1.165, 1.54) is 33.1 Å². The van der Waals surface area contributed by atoms with Gasteiger partial charge in [0.2, 0.25) is 0 Å². The Morgan fingerprint density at radius 2 is 1.67 bits per heavy atom. The quantitative estimate of drug-likeness (QED) is 0.757. The maximum Gasteiger partial charge on any atom is 0.416 e. The van der Waals surface area contributed by atoms with Crippen molar-refractivity contribution >= 4 is 17.4 Å². The van der Waals surface area contributed by atoms with Crippen molar-refractivity contribution < 1.29 is 32.2 Å². The fraction of sp³-hybridized carbons (Fsp3) is 0.263. The summed E-state index contributed by atoms with van der Waals surface area (Å²) >= 11 is 0. The highest BCUT2D eigenvalue weighted by atomic mass is 19.4. The number of methoxy groups -OCH3 is 1. The molecule has 0 aliphatic heterocycles. The number of rotatable bonds is 6. The van der Waals surface area contributed by atoms with Crippen LogP contribution < -0.4 is 14.8 Å². The van der Waals surface area contributed by atoms with E-state index in [0.717, 1.165) is 24.3 Å². The second-order valence-electron chi connectivity index (χ2n) is 5.75. The first-order valence-corrected chi connectivity index (χ1v) is 7.95. The Bertz CT molecular complexity index is 832. The molecule has 0 radical (unpaired) electrons. The topological polar surface area (TPSA) is 64.6 Å². The van der Waals surface area contributed by atoms with Gasteiger partial charge < -0.3 is 14.8 Å². The molecule has 27 heavy (non-hydrogen) atoms. The molecule has 5 nitrogen and oxygen atoms in total. The van der Waals surface area contributed by atoms with Crippen LogP contribution >= 0.6 is 0 Å². The molecule has 0 unspecified atom stereocenters. The van der Waals surface area contributed by atoms with Crippen LogP contribution in [-0.4, -0.2) is 24.9 Å². The molecule has 2 aromatic rings.